The fourth-order valence-corrected chi connectivity index (χ4v) is 1.16. The van der Waals surface area contributed by atoms with Gasteiger partial charge in [0.15, 0.2) is 0 Å². The number of aliphatic imine (C=N–C) groups is 1. The quantitative estimate of drug-likeness (QED) is 0.619. The van der Waals surface area contributed by atoms with Crippen LogP contribution in [-0.2, 0) is 0 Å². The summed E-state index contributed by atoms with van der Waals surface area (Å²) in [6.07, 6.45) is 3.05. The summed E-state index contributed by atoms with van der Waals surface area (Å²) in [5, 5.41) is 12.5. The maximum atomic E-state index is 9.39. The van der Waals surface area contributed by atoms with Crippen molar-refractivity contribution < 1.29 is 5.11 Å². The van der Waals surface area contributed by atoms with Crippen molar-refractivity contribution >= 4 is 5.84 Å². The van der Waals surface area contributed by atoms with E-state index >= 15 is 0 Å². The van der Waals surface area contributed by atoms with Gasteiger partial charge in [-0.05, 0) is 6.07 Å². The Morgan fingerprint density at radius 3 is 3.08 bits per heavy atom. The van der Waals surface area contributed by atoms with Gasteiger partial charge in [0, 0.05) is 12.7 Å². The summed E-state index contributed by atoms with van der Waals surface area (Å²) in [4.78, 5) is 7.97. The Kier molecular flexibility index (Phi) is 1.66. The Hall–Kier alpha value is -1.58. The molecule has 0 bridgehead atoms. The molecule has 0 aliphatic carbocycles. The maximum absolute atomic E-state index is 9.39. The third kappa shape index (κ3) is 1.11. The smallest absolute Gasteiger partial charge is 0.144 e. The lowest BCUT2D eigenvalue weighted by atomic mass is 10.2. The number of nitrogens with one attached hydrogen (secondary N) is 1. The predicted molar refractivity (Wildman–Crippen MR) is 45.3 cm³/mol. The molecule has 4 nitrogen and oxygen atoms in total. The first kappa shape index (κ1) is 7.09. The normalized spacial score (nSPS) is 15.5. The summed E-state index contributed by atoms with van der Waals surface area (Å²) >= 11 is 0. The van der Waals surface area contributed by atoms with Gasteiger partial charge in [-0.3, -0.25) is 9.98 Å². The van der Waals surface area contributed by atoms with Gasteiger partial charge in [0.2, 0.25) is 0 Å². The van der Waals surface area contributed by atoms with Crippen LogP contribution in [0.25, 0.3) is 0 Å². The fourth-order valence-electron chi connectivity index (χ4n) is 1.16. The van der Waals surface area contributed by atoms with Crippen LogP contribution < -0.4 is 5.32 Å². The predicted octanol–water partition coefficient (Wildman–Crippen LogP) is 0.137. The summed E-state index contributed by atoms with van der Waals surface area (Å²) in [7, 11) is 0. The van der Waals surface area contributed by atoms with E-state index in [1.165, 1.54) is 6.20 Å². The average molecular weight is 163 g/mol. The Balaban J connectivity index is 2.39. The highest BCUT2D eigenvalue weighted by Gasteiger charge is 2.10. The van der Waals surface area contributed by atoms with Crippen molar-refractivity contribution in [1.82, 2.24) is 10.3 Å². The van der Waals surface area contributed by atoms with Crippen molar-refractivity contribution in [3.63, 3.8) is 0 Å². The second kappa shape index (κ2) is 2.81. The zero-order valence-corrected chi connectivity index (χ0v) is 6.49. The van der Waals surface area contributed by atoms with E-state index in [1.807, 2.05) is 0 Å². The van der Waals surface area contributed by atoms with Crippen molar-refractivity contribution in [3.05, 3.63) is 24.0 Å². The highest BCUT2D eigenvalue weighted by Crippen LogP contribution is 2.14. The molecular formula is C8H9N3O. The summed E-state index contributed by atoms with van der Waals surface area (Å²) in [6.45, 7) is 1.62. The van der Waals surface area contributed by atoms with Gasteiger partial charge in [-0.25, -0.2) is 0 Å². The van der Waals surface area contributed by atoms with E-state index in [0.29, 0.717) is 0 Å². The van der Waals surface area contributed by atoms with Crippen molar-refractivity contribution in [3.8, 4) is 5.75 Å². The summed E-state index contributed by atoms with van der Waals surface area (Å²) in [5.41, 5.74) is 0.725. The molecule has 1 aromatic rings. The first-order valence-electron chi connectivity index (χ1n) is 3.79. The number of aromatic hydroxyl groups is 1. The van der Waals surface area contributed by atoms with Crippen LogP contribution >= 0.6 is 0 Å². The molecule has 0 saturated carbocycles. The van der Waals surface area contributed by atoms with E-state index in [9.17, 15) is 5.11 Å². The molecule has 1 aliphatic rings. The molecule has 4 heteroatoms. The molecule has 0 radical (unpaired) electrons. The molecule has 0 amide bonds. The molecule has 0 aromatic carbocycles. The second-order valence-corrected chi connectivity index (χ2v) is 2.55. The molecular weight excluding hydrogens is 154 g/mol. The van der Waals surface area contributed by atoms with Crippen LogP contribution in [0.1, 0.15) is 5.56 Å². The van der Waals surface area contributed by atoms with E-state index in [4.69, 9.17) is 0 Å². The average Bonchev–Trinajstić information content (AvgIpc) is 2.57. The SMILES string of the molecule is Oc1cnccc1C1=NCCN1. The van der Waals surface area contributed by atoms with Crippen LogP contribution in [0.15, 0.2) is 23.5 Å². The molecule has 2 N–H and O–H groups in total. The molecule has 1 aliphatic heterocycles. The standard InChI is InChI=1S/C8H9N3O/c12-7-5-9-2-1-6(7)8-10-3-4-11-8/h1-2,5,12H,3-4H2,(H,10,11). The van der Waals surface area contributed by atoms with Gasteiger partial charge < -0.3 is 10.4 Å². The van der Waals surface area contributed by atoms with Gasteiger partial charge in [-0.1, -0.05) is 0 Å². The van der Waals surface area contributed by atoms with E-state index < -0.39 is 0 Å². The molecule has 1 aromatic heterocycles. The largest absolute Gasteiger partial charge is 0.506 e. The third-order valence-corrected chi connectivity index (χ3v) is 1.73. The fraction of sp³-hybridized carbons (Fsp3) is 0.250. The number of rotatable bonds is 1. The molecule has 0 atom stereocenters. The Morgan fingerprint density at radius 2 is 2.42 bits per heavy atom. The zero-order valence-electron chi connectivity index (χ0n) is 6.49. The molecule has 0 fully saturated rings. The van der Waals surface area contributed by atoms with Crippen LogP contribution in [0.4, 0.5) is 0 Å². The third-order valence-electron chi connectivity index (χ3n) is 1.73. The Morgan fingerprint density at radius 1 is 1.50 bits per heavy atom. The van der Waals surface area contributed by atoms with Gasteiger partial charge in [-0.2, -0.15) is 0 Å². The van der Waals surface area contributed by atoms with E-state index in [-0.39, 0.29) is 5.75 Å². The molecule has 2 heterocycles. The van der Waals surface area contributed by atoms with Crippen LogP contribution in [0, 0.1) is 0 Å². The molecule has 62 valence electrons. The maximum Gasteiger partial charge on any atom is 0.144 e. The Bertz CT molecular complexity index is 322. The van der Waals surface area contributed by atoms with Crippen LogP contribution in [0.2, 0.25) is 0 Å². The summed E-state index contributed by atoms with van der Waals surface area (Å²) < 4.78 is 0. The lowest BCUT2D eigenvalue weighted by Crippen LogP contribution is -2.19. The van der Waals surface area contributed by atoms with Gasteiger partial charge in [0.05, 0.1) is 18.3 Å². The van der Waals surface area contributed by atoms with E-state index in [2.05, 4.69) is 15.3 Å². The minimum atomic E-state index is 0.172. The zero-order chi connectivity index (χ0) is 8.39. The van der Waals surface area contributed by atoms with Crippen LogP contribution in [-0.4, -0.2) is 29.0 Å². The van der Waals surface area contributed by atoms with Gasteiger partial charge in [-0.15, -0.1) is 0 Å². The van der Waals surface area contributed by atoms with Crippen molar-refractivity contribution in [2.75, 3.05) is 13.1 Å². The highest BCUT2D eigenvalue weighted by molar-refractivity contribution is 6.01. The van der Waals surface area contributed by atoms with Gasteiger partial charge in [0.25, 0.3) is 0 Å². The number of hydrogen-bond acceptors (Lipinski definition) is 4. The molecule has 12 heavy (non-hydrogen) atoms. The van der Waals surface area contributed by atoms with Crippen molar-refractivity contribution in [2.45, 2.75) is 0 Å². The number of amidine groups is 1. The lowest BCUT2D eigenvalue weighted by molar-refractivity contribution is 0.471. The number of pyridine rings is 1. The molecule has 0 spiro atoms. The number of hydrogen-bond donors (Lipinski definition) is 2. The topological polar surface area (TPSA) is 57.5 Å². The van der Waals surface area contributed by atoms with E-state index in [1.54, 1.807) is 12.3 Å². The first-order valence-corrected chi connectivity index (χ1v) is 3.79. The van der Waals surface area contributed by atoms with E-state index in [0.717, 1.165) is 24.5 Å². The number of aromatic nitrogens is 1. The van der Waals surface area contributed by atoms with Gasteiger partial charge >= 0.3 is 0 Å². The summed E-state index contributed by atoms with van der Waals surface area (Å²) in [6, 6.07) is 1.74. The molecule has 0 unspecified atom stereocenters. The minimum Gasteiger partial charge on any atom is -0.506 e. The molecule has 0 saturated heterocycles. The Labute approximate surface area is 70.0 Å². The molecule has 2 rings (SSSR count). The number of nitrogens with zero attached hydrogens (tertiary/aromatic N) is 2. The minimum absolute atomic E-state index is 0.172. The second-order valence-electron chi connectivity index (χ2n) is 2.55. The van der Waals surface area contributed by atoms with Crippen LogP contribution in [0.3, 0.4) is 0 Å². The summed E-state index contributed by atoms with van der Waals surface area (Å²) in [5.74, 6) is 0.931. The van der Waals surface area contributed by atoms with Crippen molar-refractivity contribution in [2.24, 2.45) is 4.99 Å². The van der Waals surface area contributed by atoms with Gasteiger partial charge in [0.1, 0.15) is 11.6 Å². The highest BCUT2D eigenvalue weighted by atomic mass is 16.3. The van der Waals surface area contributed by atoms with Crippen LogP contribution in [0.5, 0.6) is 5.75 Å². The first-order chi connectivity index (χ1) is 5.88. The monoisotopic (exact) mass is 163 g/mol. The van der Waals surface area contributed by atoms with Crippen molar-refractivity contribution in [1.29, 1.82) is 0 Å². The lowest BCUT2D eigenvalue weighted by Gasteiger charge is -2.02.